The number of aryl methyl sites for hydroxylation is 1. The SMILES string of the molecule is CC[NH+](CC(=O)Nc1ccc(OC)cc1)CC(=O)Nc1cccc(C)c1C. The second kappa shape index (κ2) is 9.73. The Labute approximate surface area is 160 Å². The third-order valence-corrected chi connectivity index (χ3v) is 4.57. The first-order chi connectivity index (χ1) is 12.9. The summed E-state index contributed by atoms with van der Waals surface area (Å²) in [6, 6.07) is 13.0. The Morgan fingerprint density at radius 1 is 0.963 bits per heavy atom. The number of benzene rings is 2. The van der Waals surface area contributed by atoms with E-state index < -0.39 is 0 Å². The minimum Gasteiger partial charge on any atom is -0.497 e. The van der Waals surface area contributed by atoms with Crippen molar-refractivity contribution in [3.05, 3.63) is 53.6 Å². The van der Waals surface area contributed by atoms with Crippen LogP contribution in [0.15, 0.2) is 42.5 Å². The van der Waals surface area contributed by atoms with Gasteiger partial charge in [0, 0.05) is 11.4 Å². The summed E-state index contributed by atoms with van der Waals surface area (Å²) >= 11 is 0. The van der Waals surface area contributed by atoms with Gasteiger partial charge in [-0.25, -0.2) is 0 Å². The van der Waals surface area contributed by atoms with Gasteiger partial charge in [0.25, 0.3) is 11.8 Å². The lowest BCUT2D eigenvalue weighted by Crippen LogP contribution is -3.13. The van der Waals surface area contributed by atoms with Crippen LogP contribution in [0.5, 0.6) is 5.75 Å². The predicted octanol–water partition coefficient (Wildman–Crippen LogP) is 1.79. The lowest BCUT2D eigenvalue weighted by Gasteiger charge is -2.17. The molecule has 0 aliphatic rings. The molecule has 0 aromatic heterocycles. The molecular formula is C21H28N3O3+. The molecule has 0 heterocycles. The quantitative estimate of drug-likeness (QED) is 0.663. The number of hydrogen-bond acceptors (Lipinski definition) is 3. The molecule has 0 saturated heterocycles. The Kier molecular flexibility index (Phi) is 7.37. The standard InChI is InChI=1S/C21H27N3O3/c1-5-24(13-20(25)22-17-9-11-18(27-4)12-10-17)14-21(26)23-19-8-6-7-15(2)16(19)3/h6-12H,5,13-14H2,1-4H3,(H,22,25)(H,23,26)/p+1. The summed E-state index contributed by atoms with van der Waals surface area (Å²) in [7, 11) is 1.60. The zero-order chi connectivity index (χ0) is 19.8. The summed E-state index contributed by atoms with van der Waals surface area (Å²) in [6.45, 7) is 7.09. The van der Waals surface area contributed by atoms with Crippen LogP contribution in [0.25, 0.3) is 0 Å². The number of quaternary nitrogens is 1. The number of hydrogen-bond donors (Lipinski definition) is 3. The molecule has 6 nitrogen and oxygen atoms in total. The van der Waals surface area contributed by atoms with E-state index in [0.29, 0.717) is 12.2 Å². The molecule has 0 saturated carbocycles. The van der Waals surface area contributed by atoms with Crippen molar-refractivity contribution in [1.82, 2.24) is 0 Å². The van der Waals surface area contributed by atoms with Crippen LogP contribution in [0, 0.1) is 13.8 Å². The van der Waals surface area contributed by atoms with E-state index in [9.17, 15) is 9.59 Å². The van der Waals surface area contributed by atoms with Crippen LogP contribution in [0.2, 0.25) is 0 Å². The fourth-order valence-corrected chi connectivity index (χ4v) is 2.73. The lowest BCUT2D eigenvalue weighted by atomic mass is 10.1. The monoisotopic (exact) mass is 370 g/mol. The van der Waals surface area contributed by atoms with E-state index in [4.69, 9.17) is 4.74 Å². The topological polar surface area (TPSA) is 71.9 Å². The lowest BCUT2D eigenvalue weighted by molar-refractivity contribution is -0.881. The second-order valence-corrected chi connectivity index (χ2v) is 6.53. The molecule has 0 aliphatic heterocycles. The molecule has 3 N–H and O–H groups in total. The molecule has 2 rings (SSSR count). The van der Waals surface area contributed by atoms with Crippen LogP contribution in [-0.4, -0.2) is 38.6 Å². The van der Waals surface area contributed by atoms with Gasteiger partial charge in [-0.15, -0.1) is 0 Å². The van der Waals surface area contributed by atoms with Gasteiger partial charge in [-0.05, 0) is 62.2 Å². The highest BCUT2D eigenvalue weighted by Crippen LogP contribution is 2.17. The molecule has 2 amide bonds. The molecule has 144 valence electrons. The van der Waals surface area contributed by atoms with Crippen LogP contribution in [-0.2, 0) is 9.59 Å². The summed E-state index contributed by atoms with van der Waals surface area (Å²) in [5.74, 6) is 0.506. The van der Waals surface area contributed by atoms with E-state index in [1.165, 1.54) is 0 Å². The van der Waals surface area contributed by atoms with Crippen molar-refractivity contribution in [2.24, 2.45) is 0 Å². The van der Waals surface area contributed by atoms with Gasteiger partial charge in [-0.1, -0.05) is 12.1 Å². The van der Waals surface area contributed by atoms with Crippen LogP contribution in [0.4, 0.5) is 11.4 Å². The van der Waals surface area contributed by atoms with E-state index in [2.05, 4.69) is 10.6 Å². The van der Waals surface area contributed by atoms with Crippen molar-refractivity contribution in [3.8, 4) is 5.75 Å². The van der Waals surface area contributed by atoms with Crippen molar-refractivity contribution in [3.63, 3.8) is 0 Å². The third kappa shape index (κ3) is 6.11. The van der Waals surface area contributed by atoms with Gasteiger partial charge in [0.05, 0.1) is 13.7 Å². The fourth-order valence-electron chi connectivity index (χ4n) is 2.73. The average molecular weight is 370 g/mol. The number of anilines is 2. The number of nitrogens with one attached hydrogen (secondary N) is 3. The first-order valence-corrected chi connectivity index (χ1v) is 9.06. The Balaban J connectivity index is 1.88. The highest BCUT2D eigenvalue weighted by atomic mass is 16.5. The van der Waals surface area contributed by atoms with Crippen molar-refractivity contribution in [2.75, 3.05) is 37.4 Å². The van der Waals surface area contributed by atoms with E-state index in [1.807, 2.05) is 39.0 Å². The number of rotatable bonds is 8. The molecule has 0 aliphatic carbocycles. The molecule has 1 atom stereocenters. The molecule has 0 radical (unpaired) electrons. The number of carbonyl (C=O) groups is 2. The van der Waals surface area contributed by atoms with Crippen molar-refractivity contribution < 1.29 is 19.2 Å². The van der Waals surface area contributed by atoms with Gasteiger partial charge in [-0.3, -0.25) is 9.59 Å². The van der Waals surface area contributed by atoms with Crippen LogP contribution in [0.1, 0.15) is 18.1 Å². The molecule has 6 heteroatoms. The Morgan fingerprint density at radius 3 is 2.19 bits per heavy atom. The predicted molar refractivity (Wildman–Crippen MR) is 107 cm³/mol. The maximum Gasteiger partial charge on any atom is 0.279 e. The van der Waals surface area contributed by atoms with Crippen LogP contribution in [0.3, 0.4) is 0 Å². The number of ether oxygens (including phenoxy) is 1. The number of methoxy groups -OCH3 is 1. The summed E-state index contributed by atoms with van der Waals surface area (Å²) in [6.07, 6.45) is 0. The maximum atomic E-state index is 12.4. The van der Waals surface area contributed by atoms with Gasteiger partial charge in [0.1, 0.15) is 5.75 Å². The first-order valence-electron chi connectivity index (χ1n) is 9.06. The summed E-state index contributed by atoms with van der Waals surface area (Å²) < 4.78 is 5.10. The van der Waals surface area contributed by atoms with E-state index in [1.54, 1.807) is 31.4 Å². The molecule has 0 bridgehead atoms. The van der Waals surface area contributed by atoms with Crippen molar-refractivity contribution in [2.45, 2.75) is 20.8 Å². The zero-order valence-electron chi connectivity index (χ0n) is 16.4. The molecule has 2 aromatic carbocycles. The molecule has 1 unspecified atom stereocenters. The minimum atomic E-state index is -0.128. The fraction of sp³-hybridized carbons (Fsp3) is 0.333. The van der Waals surface area contributed by atoms with Gasteiger partial charge in [0.2, 0.25) is 0 Å². The number of likely N-dealkylation sites (N-methyl/N-ethyl adjacent to an activating group) is 1. The number of carbonyl (C=O) groups excluding carboxylic acids is 2. The largest absolute Gasteiger partial charge is 0.497 e. The minimum absolute atomic E-state index is 0.0993. The highest BCUT2D eigenvalue weighted by Gasteiger charge is 2.17. The molecule has 0 spiro atoms. The summed E-state index contributed by atoms with van der Waals surface area (Å²) in [5.41, 5.74) is 3.71. The normalized spacial score (nSPS) is 11.6. The van der Waals surface area contributed by atoms with Gasteiger partial charge in [-0.2, -0.15) is 0 Å². The highest BCUT2D eigenvalue weighted by molar-refractivity contribution is 5.93. The van der Waals surface area contributed by atoms with Crippen LogP contribution < -0.4 is 20.3 Å². The molecule has 0 fully saturated rings. The van der Waals surface area contributed by atoms with Gasteiger partial charge < -0.3 is 20.3 Å². The Hall–Kier alpha value is -2.86. The van der Waals surface area contributed by atoms with E-state index in [0.717, 1.165) is 27.5 Å². The van der Waals surface area contributed by atoms with Crippen molar-refractivity contribution >= 4 is 23.2 Å². The third-order valence-electron chi connectivity index (χ3n) is 4.57. The molecule has 27 heavy (non-hydrogen) atoms. The second-order valence-electron chi connectivity index (χ2n) is 6.53. The molecular weight excluding hydrogens is 342 g/mol. The average Bonchev–Trinajstić information content (AvgIpc) is 2.65. The van der Waals surface area contributed by atoms with E-state index in [-0.39, 0.29) is 24.9 Å². The van der Waals surface area contributed by atoms with Crippen LogP contribution >= 0.6 is 0 Å². The summed E-state index contributed by atoms with van der Waals surface area (Å²) in [5, 5.41) is 5.80. The Bertz CT molecular complexity index is 788. The van der Waals surface area contributed by atoms with Gasteiger partial charge in [0.15, 0.2) is 13.1 Å². The summed E-state index contributed by atoms with van der Waals surface area (Å²) in [4.78, 5) is 25.6. The Morgan fingerprint density at radius 2 is 1.59 bits per heavy atom. The smallest absolute Gasteiger partial charge is 0.279 e. The first kappa shape index (κ1) is 20.5. The molecule has 2 aromatic rings. The van der Waals surface area contributed by atoms with E-state index >= 15 is 0 Å². The van der Waals surface area contributed by atoms with Gasteiger partial charge >= 0.3 is 0 Å². The van der Waals surface area contributed by atoms with Crippen molar-refractivity contribution in [1.29, 1.82) is 0 Å². The number of amides is 2. The maximum absolute atomic E-state index is 12.4. The zero-order valence-corrected chi connectivity index (χ0v) is 16.4.